The Morgan fingerprint density at radius 2 is 1.85 bits per heavy atom. The Bertz CT molecular complexity index is 688. The molecular formula is C11H15BrClNO4S2. The number of sulfonamides is 1. The van der Waals surface area contributed by atoms with E-state index in [4.69, 9.17) is 11.6 Å². The van der Waals surface area contributed by atoms with Crippen LogP contribution in [0, 0.1) is 0 Å². The molecule has 0 saturated carbocycles. The second-order valence-electron chi connectivity index (χ2n) is 4.35. The summed E-state index contributed by atoms with van der Waals surface area (Å²) in [5.74, 6) is -0.0294. The van der Waals surface area contributed by atoms with Crippen molar-refractivity contribution in [3.8, 4) is 0 Å². The predicted octanol–water partition coefficient (Wildman–Crippen LogP) is 1.85. The van der Waals surface area contributed by atoms with Crippen LogP contribution in [0.5, 0.6) is 0 Å². The molecule has 114 valence electrons. The number of rotatable bonds is 6. The van der Waals surface area contributed by atoms with Gasteiger partial charge in [-0.2, -0.15) is 4.31 Å². The van der Waals surface area contributed by atoms with Crippen molar-refractivity contribution in [3.63, 3.8) is 0 Å². The van der Waals surface area contributed by atoms with Crippen LogP contribution in [0.4, 0.5) is 0 Å². The predicted molar refractivity (Wildman–Crippen MR) is 83.2 cm³/mol. The van der Waals surface area contributed by atoms with Gasteiger partial charge in [0.25, 0.3) is 0 Å². The highest BCUT2D eigenvalue weighted by Gasteiger charge is 2.24. The first kappa shape index (κ1) is 17.9. The fourth-order valence-electron chi connectivity index (χ4n) is 1.41. The van der Waals surface area contributed by atoms with E-state index in [9.17, 15) is 16.8 Å². The van der Waals surface area contributed by atoms with Crippen LogP contribution in [0.1, 0.15) is 5.56 Å². The Balaban J connectivity index is 3.10. The van der Waals surface area contributed by atoms with Gasteiger partial charge in [0, 0.05) is 30.2 Å². The Labute approximate surface area is 133 Å². The van der Waals surface area contributed by atoms with Crippen molar-refractivity contribution in [2.75, 3.05) is 25.6 Å². The van der Waals surface area contributed by atoms with Crippen molar-refractivity contribution in [2.45, 2.75) is 10.8 Å². The fraction of sp³-hybridized carbons (Fsp3) is 0.455. The van der Waals surface area contributed by atoms with Crippen LogP contribution < -0.4 is 0 Å². The number of benzene rings is 1. The fourth-order valence-corrected chi connectivity index (χ4v) is 4.44. The average molecular weight is 405 g/mol. The van der Waals surface area contributed by atoms with Crippen molar-refractivity contribution in [2.24, 2.45) is 0 Å². The van der Waals surface area contributed by atoms with Gasteiger partial charge in [0.05, 0.1) is 10.6 Å². The summed E-state index contributed by atoms with van der Waals surface area (Å²) in [6.07, 6.45) is 1.07. The van der Waals surface area contributed by atoms with E-state index >= 15 is 0 Å². The molecule has 0 spiro atoms. The first-order valence-electron chi connectivity index (χ1n) is 5.56. The lowest BCUT2D eigenvalue weighted by atomic mass is 10.2. The summed E-state index contributed by atoms with van der Waals surface area (Å²) in [6, 6.07) is 4.80. The molecule has 0 N–H and O–H groups in total. The van der Waals surface area contributed by atoms with E-state index < -0.39 is 19.9 Å². The first-order valence-corrected chi connectivity index (χ1v) is 10.4. The minimum absolute atomic E-state index is 0.0756. The Morgan fingerprint density at radius 1 is 1.25 bits per heavy atom. The Hall–Kier alpha value is -0.150. The minimum atomic E-state index is -3.76. The van der Waals surface area contributed by atoms with Crippen LogP contribution in [0.2, 0.25) is 0 Å². The van der Waals surface area contributed by atoms with Crippen molar-refractivity contribution in [3.05, 3.63) is 28.2 Å². The maximum atomic E-state index is 12.4. The lowest BCUT2D eigenvalue weighted by molar-refractivity contribution is 0.484. The lowest BCUT2D eigenvalue weighted by Gasteiger charge is -2.18. The minimum Gasteiger partial charge on any atom is -0.229 e. The zero-order chi connectivity index (χ0) is 15.6. The van der Waals surface area contributed by atoms with Crippen LogP contribution in [0.3, 0.4) is 0 Å². The van der Waals surface area contributed by atoms with E-state index in [0.29, 0.717) is 10.0 Å². The van der Waals surface area contributed by atoms with Gasteiger partial charge in [-0.3, -0.25) is 0 Å². The Kier molecular flexibility index (Phi) is 6.03. The van der Waals surface area contributed by atoms with Gasteiger partial charge in [-0.1, -0.05) is 6.07 Å². The molecule has 0 aliphatic rings. The maximum absolute atomic E-state index is 12.4. The second kappa shape index (κ2) is 6.74. The van der Waals surface area contributed by atoms with Gasteiger partial charge in [0.15, 0.2) is 0 Å². The summed E-state index contributed by atoms with van der Waals surface area (Å²) in [4.78, 5) is 0.0756. The highest BCUT2D eigenvalue weighted by Crippen LogP contribution is 2.26. The zero-order valence-electron chi connectivity index (χ0n) is 11.0. The van der Waals surface area contributed by atoms with Crippen LogP contribution in [-0.2, 0) is 25.7 Å². The molecule has 0 aromatic heterocycles. The number of nitrogens with zero attached hydrogens (tertiary/aromatic N) is 1. The molecular weight excluding hydrogens is 390 g/mol. The molecule has 0 radical (unpaired) electrons. The van der Waals surface area contributed by atoms with Gasteiger partial charge in [0.2, 0.25) is 10.0 Å². The van der Waals surface area contributed by atoms with Crippen LogP contribution in [0.15, 0.2) is 27.6 Å². The highest BCUT2D eigenvalue weighted by atomic mass is 79.9. The number of hydrogen-bond donors (Lipinski definition) is 0. The number of sulfone groups is 1. The topological polar surface area (TPSA) is 71.5 Å². The van der Waals surface area contributed by atoms with E-state index in [1.54, 1.807) is 12.1 Å². The first-order chi connectivity index (χ1) is 9.08. The second-order valence-corrected chi connectivity index (χ2v) is 9.75. The molecule has 5 nitrogen and oxygen atoms in total. The van der Waals surface area contributed by atoms with Crippen LogP contribution in [-0.4, -0.2) is 46.7 Å². The van der Waals surface area contributed by atoms with Crippen molar-refractivity contribution < 1.29 is 16.8 Å². The van der Waals surface area contributed by atoms with E-state index in [2.05, 4.69) is 15.9 Å². The SMILES string of the molecule is CN(CCS(C)(=O)=O)S(=O)(=O)c1cc(CCl)ccc1Br. The van der Waals surface area contributed by atoms with Gasteiger partial charge in [-0.05, 0) is 33.6 Å². The zero-order valence-corrected chi connectivity index (χ0v) is 15.0. The van der Waals surface area contributed by atoms with Gasteiger partial charge in [-0.15, -0.1) is 11.6 Å². The molecule has 1 aromatic carbocycles. The highest BCUT2D eigenvalue weighted by molar-refractivity contribution is 9.10. The standard InChI is InChI=1S/C11H15BrClNO4S2/c1-14(5-6-19(2,15)16)20(17,18)11-7-9(8-13)3-4-10(11)12/h3-4,7H,5-6,8H2,1-2H3. The van der Waals surface area contributed by atoms with Crippen molar-refractivity contribution in [1.82, 2.24) is 4.31 Å². The smallest absolute Gasteiger partial charge is 0.229 e. The molecule has 1 aromatic rings. The third-order valence-electron chi connectivity index (χ3n) is 2.62. The molecule has 0 unspecified atom stereocenters. The molecule has 9 heteroatoms. The molecule has 1 rings (SSSR count). The van der Waals surface area contributed by atoms with Gasteiger partial charge in [-0.25, -0.2) is 16.8 Å². The quantitative estimate of drug-likeness (QED) is 0.678. The average Bonchev–Trinajstić information content (AvgIpc) is 2.35. The molecule has 20 heavy (non-hydrogen) atoms. The summed E-state index contributed by atoms with van der Waals surface area (Å²) in [5, 5.41) is 0. The summed E-state index contributed by atoms with van der Waals surface area (Å²) in [7, 11) is -5.64. The molecule has 0 heterocycles. The Morgan fingerprint density at radius 3 is 2.35 bits per heavy atom. The largest absolute Gasteiger partial charge is 0.243 e. The molecule has 0 bridgehead atoms. The summed E-state index contributed by atoms with van der Waals surface area (Å²) >= 11 is 8.89. The van der Waals surface area contributed by atoms with Gasteiger partial charge >= 0.3 is 0 Å². The molecule has 0 atom stereocenters. The number of hydrogen-bond acceptors (Lipinski definition) is 4. The van der Waals surface area contributed by atoms with Gasteiger partial charge < -0.3 is 0 Å². The lowest BCUT2D eigenvalue weighted by Crippen LogP contribution is -2.31. The van der Waals surface area contributed by atoms with E-state index in [0.717, 1.165) is 10.6 Å². The molecule has 0 amide bonds. The van der Waals surface area contributed by atoms with Crippen molar-refractivity contribution in [1.29, 1.82) is 0 Å². The van der Waals surface area contributed by atoms with E-state index in [1.165, 1.54) is 13.1 Å². The molecule has 0 aliphatic heterocycles. The van der Waals surface area contributed by atoms with Crippen LogP contribution >= 0.6 is 27.5 Å². The third kappa shape index (κ3) is 4.70. The number of halogens is 2. The number of alkyl halides is 1. The monoisotopic (exact) mass is 403 g/mol. The van der Waals surface area contributed by atoms with Gasteiger partial charge in [0.1, 0.15) is 9.84 Å². The third-order valence-corrected chi connectivity index (χ3v) is 6.70. The molecule has 0 aliphatic carbocycles. The summed E-state index contributed by atoms with van der Waals surface area (Å²) in [6.45, 7) is -0.0985. The van der Waals surface area contributed by atoms with E-state index in [1.807, 2.05) is 0 Å². The maximum Gasteiger partial charge on any atom is 0.243 e. The summed E-state index contributed by atoms with van der Waals surface area (Å²) in [5.41, 5.74) is 0.671. The van der Waals surface area contributed by atoms with E-state index in [-0.39, 0.29) is 23.1 Å². The normalized spacial score (nSPS) is 12.8. The molecule has 0 fully saturated rings. The molecule has 0 saturated heterocycles. The summed E-state index contributed by atoms with van der Waals surface area (Å²) < 4.78 is 48.5. The van der Waals surface area contributed by atoms with Crippen LogP contribution in [0.25, 0.3) is 0 Å². The van der Waals surface area contributed by atoms with Crippen molar-refractivity contribution >= 4 is 47.4 Å².